The average molecular weight is 477 g/mol. The van der Waals surface area contributed by atoms with Gasteiger partial charge in [0.05, 0.1) is 24.2 Å². The van der Waals surface area contributed by atoms with E-state index in [4.69, 9.17) is 4.74 Å². The highest BCUT2D eigenvalue weighted by molar-refractivity contribution is 5.98. The van der Waals surface area contributed by atoms with Crippen LogP contribution in [0.15, 0.2) is 12.7 Å². The summed E-state index contributed by atoms with van der Waals surface area (Å²) in [5.41, 5.74) is -2.22. The maximum Gasteiger partial charge on any atom is 0.310 e. The largest absolute Gasteiger partial charge is 0.481 e. The van der Waals surface area contributed by atoms with Gasteiger partial charge in [-0.3, -0.25) is 14.4 Å². The van der Waals surface area contributed by atoms with E-state index in [1.54, 1.807) is 13.0 Å². The number of carbonyl (C=O) groups is 3. The van der Waals surface area contributed by atoms with E-state index in [-0.39, 0.29) is 36.3 Å². The minimum atomic E-state index is -1.21. The highest BCUT2D eigenvalue weighted by Gasteiger charge is 2.80. The highest BCUT2D eigenvalue weighted by atomic mass is 16.5. The van der Waals surface area contributed by atoms with Crippen LogP contribution in [-0.2, 0) is 19.1 Å². The first kappa shape index (κ1) is 25.2. The molecule has 8 heteroatoms. The van der Waals surface area contributed by atoms with Gasteiger partial charge in [-0.05, 0) is 38.0 Å². The van der Waals surface area contributed by atoms with Crippen LogP contribution in [0.25, 0.3) is 0 Å². The molecule has 3 aliphatic heterocycles. The lowest BCUT2D eigenvalue weighted by atomic mass is 9.62. The fraction of sp³-hybridized carbons (Fsp3) is 0.808. The van der Waals surface area contributed by atoms with Crippen LogP contribution in [0, 0.1) is 23.7 Å². The monoisotopic (exact) mass is 476 g/mol. The number of hydrogen-bond donors (Lipinski definition) is 2. The third kappa shape index (κ3) is 3.43. The zero-order chi connectivity index (χ0) is 25.0. The number of nitrogens with zero attached hydrogens (tertiary/aromatic N) is 2. The normalized spacial score (nSPS) is 38.3. The summed E-state index contributed by atoms with van der Waals surface area (Å²) in [5.74, 6) is -3.86. The predicted octanol–water partition coefficient (Wildman–Crippen LogP) is 2.45. The Labute approximate surface area is 202 Å². The zero-order valence-electron chi connectivity index (χ0n) is 20.9. The van der Waals surface area contributed by atoms with Crippen molar-refractivity contribution in [2.45, 2.75) is 95.5 Å². The van der Waals surface area contributed by atoms with Crippen molar-refractivity contribution in [3.05, 3.63) is 12.7 Å². The topological polar surface area (TPSA) is 107 Å². The van der Waals surface area contributed by atoms with Gasteiger partial charge in [0.15, 0.2) is 0 Å². The van der Waals surface area contributed by atoms with Gasteiger partial charge in [0, 0.05) is 12.6 Å². The summed E-state index contributed by atoms with van der Waals surface area (Å²) >= 11 is 0. The van der Waals surface area contributed by atoms with Gasteiger partial charge in [-0.1, -0.05) is 46.1 Å². The molecule has 0 aromatic rings. The van der Waals surface area contributed by atoms with Crippen molar-refractivity contribution in [1.29, 1.82) is 0 Å². The Morgan fingerprint density at radius 1 is 1.29 bits per heavy atom. The van der Waals surface area contributed by atoms with Crippen molar-refractivity contribution in [2.75, 3.05) is 13.2 Å². The molecule has 3 unspecified atom stereocenters. The Kier molecular flexibility index (Phi) is 6.62. The first-order valence-corrected chi connectivity index (χ1v) is 12.8. The van der Waals surface area contributed by atoms with Crippen molar-refractivity contribution < 1.29 is 29.3 Å². The molecule has 2 N–H and O–H groups in total. The maximum absolute atomic E-state index is 14.4. The molecule has 4 rings (SSSR count). The van der Waals surface area contributed by atoms with Crippen LogP contribution in [-0.4, -0.2) is 80.3 Å². The molecule has 1 saturated carbocycles. The quantitative estimate of drug-likeness (QED) is 0.521. The van der Waals surface area contributed by atoms with Crippen LogP contribution < -0.4 is 0 Å². The summed E-state index contributed by atoms with van der Waals surface area (Å²) < 4.78 is 6.58. The fourth-order valence-corrected chi connectivity index (χ4v) is 7.42. The number of fused-ring (bicyclic) bond motifs is 1. The SMILES string of the molecule is C=CCN(C(=O)C1N([C@@H](CO)C(C)C)C(=O)[C@@H]2[C@H](C(=O)O)[C@@]3(C)OC12CC3C)C1CCCCC1. The van der Waals surface area contributed by atoms with Gasteiger partial charge in [0.1, 0.15) is 17.6 Å². The average Bonchev–Trinajstić information content (AvgIpc) is 3.30. The van der Waals surface area contributed by atoms with Gasteiger partial charge in [-0.15, -0.1) is 6.58 Å². The number of carbonyl (C=O) groups excluding carboxylic acids is 2. The molecule has 0 radical (unpaired) electrons. The van der Waals surface area contributed by atoms with E-state index in [1.807, 2.05) is 25.7 Å². The number of carboxylic acid groups (broad SMARTS) is 1. The van der Waals surface area contributed by atoms with E-state index >= 15 is 0 Å². The van der Waals surface area contributed by atoms with E-state index in [0.717, 1.165) is 32.1 Å². The van der Waals surface area contributed by atoms with Crippen LogP contribution in [0.3, 0.4) is 0 Å². The van der Waals surface area contributed by atoms with Gasteiger partial charge in [-0.25, -0.2) is 0 Å². The molecule has 7 atom stereocenters. The van der Waals surface area contributed by atoms with Crippen LogP contribution >= 0.6 is 0 Å². The summed E-state index contributed by atoms with van der Waals surface area (Å²) in [6, 6.07) is -1.50. The van der Waals surface area contributed by atoms with E-state index in [9.17, 15) is 24.6 Å². The standard InChI is InChI=1S/C26H40N2O6/c1-6-12-27(17-10-8-7-9-11-17)23(31)21-26-13-16(4)25(5,34-26)20(24(32)33)19(26)22(30)28(21)18(14-29)15(2)3/h6,15-21,29H,1,7-14H2,2-5H3,(H,32,33)/t16?,18-,19-,20+,21?,25-,26?/m0/s1. The molecular formula is C26H40N2O6. The predicted molar refractivity (Wildman–Crippen MR) is 126 cm³/mol. The number of amides is 2. The second kappa shape index (κ2) is 8.94. The Morgan fingerprint density at radius 2 is 1.94 bits per heavy atom. The van der Waals surface area contributed by atoms with Crippen LogP contribution in [0.5, 0.6) is 0 Å². The molecule has 1 spiro atoms. The van der Waals surface area contributed by atoms with Crippen LogP contribution in [0.1, 0.15) is 66.2 Å². The van der Waals surface area contributed by atoms with Crippen molar-refractivity contribution in [2.24, 2.45) is 23.7 Å². The molecule has 190 valence electrons. The van der Waals surface area contributed by atoms with Gasteiger partial charge in [-0.2, -0.15) is 0 Å². The number of ether oxygens (including phenoxy) is 1. The highest BCUT2D eigenvalue weighted by Crippen LogP contribution is 2.65. The van der Waals surface area contributed by atoms with Gasteiger partial charge in [0.2, 0.25) is 11.8 Å². The Bertz CT molecular complexity index is 854. The Morgan fingerprint density at radius 3 is 2.47 bits per heavy atom. The van der Waals surface area contributed by atoms with E-state index in [1.165, 1.54) is 4.90 Å². The molecular weight excluding hydrogens is 436 g/mol. The Hall–Kier alpha value is -1.93. The summed E-state index contributed by atoms with van der Waals surface area (Å²) in [7, 11) is 0. The first-order valence-electron chi connectivity index (χ1n) is 12.8. The molecule has 34 heavy (non-hydrogen) atoms. The third-order valence-electron chi connectivity index (χ3n) is 9.19. The Balaban J connectivity index is 1.84. The molecule has 0 aromatic carbocycles. The minimum Gasteiger partial charge on any atom is -0.481 e. The summed E-state index contributed by atoms with van der Waals surface area (Å²) in [6.07, 6.45) is 7.19. The second-order valence-corrected chi connectivity index (χ2v) is 11.4. The maximum atomic E-state index is 14.4. The number of aliphatic carboxylic acids is 1. The summed E-state index contributed by atoms with van der Waals surface area (Å²) in [5, 5.41) is 20.5. The molecule has 1 aliphatic carbocycles. The van der Waals surface area contributed by atoms with Crippen LogP contribution in [0.2, 0.25) is 0 Å². The minimum absolute atomic E-state index is 0.0557. The zero-order valence-corrected chi connectivity index (χ0v) is 20.9. The number of likely N-dealkylation sites (tertiary alicyclic amines) is 1. The third-order valence-corrected chi connectivity index (χ3v) is 9.19. The number of aliphatic hydroxyl groups excluding tert-OH is 1. The molecule has 4 aliphatic rings. The molecule has 3 saturated heterocycles. The number of rotatable bonds is 8. The lowest BCUT2D eigenvalue weighted by molar-refractivity contribution is -0.161. The second-order valence-electron chi connectivity index (χ2n) is 11.4. The summed E-state index contributed by atoms with van der Waals surface area (Å²) in [4.78, 5) is 44.2. The smallest absolute Gasteiger partial charge is 0.310 e. The van der Waals surface area contributed by atoms with Crippen LogP contribution in [0.4, 0.5) is 0 Å². The number of carboxylic acids is 1. The molecule has 4 fully saturated rings. The molecule has 0 aromatic heterocycles. The van der Waals surface area contributed by atoms with Gasteiger partial charge in [0.25, 0.3) is 0 Å². The molecule has 3 heterocycles. The molecule has 8 nitrogen and oxygen atoms in total. The van der Waals surface area contributed by atoms with Crippen molar-refractivity contribution in [3.63, 3.8) is 0 Å². The molecule has 2 bridgehead atoms. The van der Waals surface area contributed by atoms with Gasteiger partial charge >= 0.3 is 5.97 Å². The van der Waals surface area contributed by atoms with Crippen molar-refractivity contribution >= 4 is 17.8 Å². The van der Waals surface area contributed by atoms with Crippen molar-refractivity contribution in [3.8, 4) is 0 Å². The van der Waals surface area contributed by atoms with Crippen molar-refractivity contribution in [1.82, 2.24) is 9.80 Å². The molecule has 2 amide bonds. The lowest BCUT2D eigenvalue weighted by Crippen LogP contribution is -2.61. The van der Waals surface area contributed by atoms with Gasteiger partial charge < -0.3 is 24.7 Å². The number of aliphatic hydroxyl groups is 1. The number of hydrogen-bond acceptors (Lipinski definition) is 5. The first-order chi connectivity index (χ1) is 16.0. The van der Waals surface area contributed by atoms with E-state index in [0.29, 0.717) is 13.0 Å². The van der Waals surface area contributed by atoms with E-state index in [2.05, 4.69) is 6.58 Å². The lowest BCUT2D eigenvalue weighted by Gasteiger charge is -2.43. The summed E-state index contributed by atoms with van der Waals surface area (Å²) in [6.45, 7) is 11.5. The fourth-order valence-electron chi connectivity index (χ4n) is 7.42. The van der Waals surface area contributed by atoms with E-state index < -0.39 is 41.1 Å².